The van der Waals surface area contributed by atoms with Crippen molar-refractivity contribution in [1.82, 2.24) is 30.2 Å². The Bertz CT molecular complexity index is 966. The number of nitrogens with zero attached hydrogens (tertiary/aromatic N) is 5. The Hall–Kier alpha value is -3.20. The fraction of sp³-hybridized carbons (Fsp3) is 0.368. The normalized spacial score (nSPS) is 16.8. The molecule has 146 valence electrons. The van der Waals surface area contributed by atoms with Crippen LogP contribution in [0.1, 0.15) is 6.42 Å². The van der Waals surface area contributed by atoms with Gasteiger partial charge in [-0.15, -0.1) is 0 Å². The van der Waals surface area contributed by atoms with Crippen molar-refractivity contribution in [3.8, 4) is 11.5 Å². The number of anilines is 2. The summed E-state index contributed by atoms with van der Waals surface area (Å²) in [5, 5.41) is 3.07. The summed E-state index contributed by atoms with van der Waals surface area (Å²) in [7, 11) is 3.76. The molecule has 0 aliphatic carbocycles. The number of nitrogens with two attached hydrogens (primary N) is 1. The van der Waals surface area contributed by atoms with E-state index in [-0.39, 0.29) is 11.9 Å². The first-order valence-corrected chi connectivity index (χ1v) is 9.26. The van der Waals surface area contributed by atoms with Crippen LogP contribution in [0.25, 0.3) is 22.6 Å². The molecule has 9 heteroatoms. The van der Waals surface area contributed by atoms with Crippen LogP contribution in [0.15, 0.2) is 30.5 Å². The Balaban J connectivity index is 1.52. The van der Waals surface area contributed by atoms with Gasteiger partial charge in [-0.25, -0.2) is 15.0 Å². The number of aromatic nitrogens is 4. The molecule has 0 bridgehead atoms. The zero-order valence-corrected chi connectivity index (χ0v) is 16.0. The Kier molecular flexibility index (Phi) is 4.82. The lowest BCUT2D eigenvalue weighted by Crippen LogP contribution is -2.41. The summed E-state index contributed by atoms with van der Waals surface area (Å²) in [5.41, 5.74) is 8.38. The predicted molar refractivity (Wildman–Crippen MR) is 109 cm³/mol. The SMILES string of the molecule is CN(C)CC(=O)N[C@H]1CCN(c2cnc(N)c(-c3nc4ccccc4[nH]3)n2)C1. The molecule has 3 heterocycles. The zero-order valence-electron chi connectivity index (χ0n) is 16.0. The fourth-order valence-corrected chi connectivity index (χ4v) is 3.43. The second-order valence-corrected chi connectivity index (χ2v) is 7.30. The number of imidazole rings is 1. The number of hydrogen-bond donors (Lipinski definition) is 3. The van der Waals surface area contributed by atoms with Crippen molar-refractivity contribution in [3.63, 3.8) is 0 Å². The molecule has 0 unspecified atom stereocenters. The van der Waals surface area contributed by atoms with Gasteiger partial charge in [-0.1, -0.05) is 12.1 Å². The summed E-state index contributed by atoms with van der Waals surface area (Å²) in [6.07, 6.45) is 2.54. The number of nitrogens with one attached hydrogen (secondary N) is 2. The maximum absolute atomic E-state index is 12.0. The van der Waals surface area contributed by atoms with E-state index in [1.54, 1.807) is 6.20 Å². The van der Waals surface area contributed by atoms with Crippen molar-refractivity contribution in [2.75, 3.05) is 44.4 Å². The maximum Gasteiger partial charge on any atom is 0.234 e. The molecule has 1 fully saturated rings. The van der Waals surface area contributed by atoms with Crippen molar-refractivity contribution in [2.24, 2.45) is 0 Å². The molecule has 4 rings (SSSR count). The van der Waals surface area contributed by atoms with Crippen molar-refractivity contribution >= 4 is 28.6 Å². The number of benzene rings is 1. The summed E-state index contributed by atoms with van der Waals surface area (Å²) < 4.78 is 0. The number of nitrogen functional groups attached to an aromatic ring is 1. The van der Waals surface area contributed by atoms with E-state index in [0.717, 1.165) is 29.8 Å². The van der Waals surface area contributed by atoms with Gasteiger partial charge in [-0.2, -0.15) is 0 Å². The van der Waals surface area contributed by atoms with Crippen LogP contribution in [-0.4, -0.2) is 70.5 Å². The van der Waals surface area contributed by atoms with E-state index in [1.807, 2.05) is 43.3 Å². The van der Waals surface area contributed by atoms with Crippen LogP contribution >= 0.6 is 0 Å². The van der Waals surface area contributed by atoms with Crippen molar-refractivity contribution in [1.29, 1.82) is 0 Å². The largest absolute Gasteiger partial charge is 0.382 e. The average molecular weight is 380 g/mol. The first-order valence-electron chi connectivity index (χ1n) is 9.26. The molecular weight excluding hydrogens is 356 g/mol. The van der Waals surface area contributed by atoms with E-state index in [4.69, 9.17) is 10.7 Å². The lowest BCUT2D eigenvalue weighted by Gasteiger charge is -2.19. The van der Waals surface area contributed by atoms with Crippen LogP contribution in [-0.2, 0) is 4.79 Å². The van der Waals surface area contributed by atoms with E-state index < -0.39 is 0 Å². The number of hydrogen-bond acceptors (Lipinski definition) is 7. The molecule has 1 atom stereocenters. The highest BCUT2D eigenvalue weighted by atomic mass is 16.2. The maximum atomic E-state index is 12.0. The third-order valence-electron chi connectivity index (χ3n) is 4.74. The van der Waals surface area contributed by atoms with Crippen LogP contribution in [0.2, 0.25) is 0 Å². The lowest BCUT2D eigenvalue weighted by molar-refractivity contribution is -0.122. The van der Waals surface area contributed by atoms with Crippen LogP contribution in [0.3, 0.4) is 0 Å². The summed E-state index contributed by atoms with van der Waals surface area (Å²) in [6, 6.07) is 7.88. The molecule has 0 spiro atoms. The molecule has 9 nitrogen and oxygen atoms in total. The molecule has 0 radical (unpaired) electrons. The predicted octanol–water partition coefficient (Wildman–Crippen LogP) is 0.859. The Morgan fingerprint density at radius 1 is 1.36 bits per heavy atom. The zero-order chi connectivity index (χ0) is 19.7. The minimum atomic E-state index is 0.0307. The van der Waals surface area contributed by atoms with Gasteiger partial charge in [-0.3, -0.25) is 4.79 Å². The lowest BCUT2D eigenvalue weighted by atomic mass is 10.2. The van der Waals surface area contributed by atoms with E-state index in [2.05, 4.69) is 25.2 Å². The molecular formula is C19H24N8O. The van der Waals surface area contributed by atoms with Gasteiger partial charge in [0.15, 0.2) is 17.3 Å². The molecule has 1 aliphatic heterocycles. The van der Waals surface area contributed by atoms with Gasteiger partial charge in [-0.05, 0) is 32.6 Å². The highest BCUT2D eigenvalue weighted by molar-refractivity contribution is 5.80. The van der Waals surface area contributed by atoms with Crippen LogP contribution in [0.4, 0.5) is 11.6 Å². The summed E-state index contributed by atoms with van der Waals surface area (Å²) >= 11 is 0. The molecule has 1 saturated heterocycles. The van der Waals surface area contributed by atoms with E-state index in [0.29, 0.717) is 30.4 Å². The van der Waals surface area contributed by atoms with Crippen LogP contribution in [0.5, 0.6) is 0 Å². The van der Waals surface area contributed by atoms with E-state index in [1.165, 1.54) is 0 Å². The summed E-state index contributed by atoms with van der Waals surface area (Å²) in [5.74, 6) is 1.69. The van der Waals surface area contributed by atoms with Crippen LogP contribution < -0.4 is 16.0 Å². The van der Waals surface area contributed by atoms with E-state index in [9.17, 15) is 4.79 Å². The number of aromatic amines is 1. The smallest absolute Gasteiger partial charge is 0.234 e. The highest BCUT2D eigenvalue weighted by Crippen LogP contribution is 2.26. The number of H-pyrrole nitrogens is 1. The molecule has 28 heavy (non-hydrogen) atoms. The topological polar surface area (TPSA) is 116 Å². The number of rotatable bonds is 5. The van der Waals surface area contributed by atoms with Gasteiger partial charge >= 0.3 is 0 Å². The fourth-order valence-electron chi connectivity index (χ4n) is 3.43. The average Bonchev–Trinajstić information content (AvgIpc) is 3.28. The van der Waals surface area contributed by atoms with Gasteiger partial charge < -0.3 is 25.8 Å². The third kappa shape index (κ3) is 3.74. The Morgan fingerprint density at radius 2 is 2.18 bits per heavy atom. The minimum absolute atomic E-state index is 0.0307. The third-order valence-corrected chi connectivity index (χ3v) is 4.74. The first kappa shape index (κ1) is 18.2. The van der Waals surface area contributed by atoms with Gasteiger partial charge in [0, 0.05) is 19.1 Å². The number of likely N-dealkylation sites (N-methyl/N-ethyl adjacent to an activating group) is 1. The molecule has 1 amide bonds. The molecule has 1 aromatic carbocycles. The van der Waals surface area contributed by atoms with Gasteiger partial charge in [0.2, 0.25) is 5.91 Å². The first-order chi connectivity index (χ1) is 13.5. The molecule has 2 aromatic heterocycles. The Labute approximate surface area is 163 Å². The van der Waals surface area contributed by atoms with Gasteiger partial charge in [0.25, 0.3) is 0 Å². The molecule has 1 aliphatic rings. The monoisotopic (exact) mass is 380 g/mol. The van der Waals surface area contributed by atoms with Crippen molar-refractivity contribution < 1.29 is 4.79 Å². The molecule has 0 saturated carbocycles. The molecule has 4 N–H and O–H groups in total. The number of amides is 1. The van der Waals surface area contributed by atoms with Gasteiger partial charge in [0.05, 0.1) is 23.8 Å². The standard InChI is InChI=1S/C19H24N8O/c1-26(2)11-16(28)22-12-7-8-27(10-12)15-9-21-18(20)17(25-15)19-23-13-5-3-4-6-14(13)24-19/h3-6,9,12H,7-8,10-11H2,1-2H3,(H2,20,21)(H,22,28)(H,23,24)/t12-/m0/s1. The molecule has 3 aromatic rings. The number of fused-ring (bicyclic) bond motifs is 1. The second-order valence-electron chi connectivity index (χ2n) is 7.30. The van der Waals surface area contributed by atoms with E-state index >= 15 is 0 Å². The number of carbonyl (C=O) groups is 1. The quantitative estimate of drug-likeness (QED) is 0.601. The number of carbonyl (C=O) groups excluding carboxylic acids is 1. The Morgan fingerprint density at radius 3 is 2.96 bits per heavy atom. The highest BCUT2D eigenvalue weighted by Gasteiger charge is 2.26. The minimum Gasteiger partial charge on any atom is -0.382 e. The summed E-state index contributed by atoms with van der Waals surface area (Å²) in [4.78, 5) is 32.8. The van der Waals surface area contributed by atoms with Gasteiger partial charge in [0.1, 0.15) is 5.82 Å². The van der Waals surface area contributed by atoms with Crippen molar-refractivity contribution in [3.05, 3.63) is 30.5 Å². The number of para-hydroxylation sites is 2. The summed E-state index contributed by atoms with van der Waals surface area (Å²) in [6.45, 7) is 1.87. The van der Waals surface area contributed by atoms with Crippen LogP contribution in [0, 0.1) is 0 Å². The second kappa shape index (κ2) is 7.43. The van der Waals surface area contributed by atoms with Crippen molar-refractivity contribution in [2.45, 2.75) is 12.5 Å².